The molecule has 2 fully saturated rings. The van der Waals surface area contributed by atoms with Gasteiger partial charge in [0.25, 0.3) is 0 Å². The lowest BCUT2D eigenvalue weighted by Gasteiger charge is -2.23. The topological polar surface area (TPSA) is 128 Å². The molecule has 2 aliphatic carbocycles. The van der Waals surface area contributed by atoms with E-state index in [0.717, 1.165) is 29.2 Å². The number of nitriles is 2. The molecule has 2 aromatic carbocycles. The number of benzene rings is 2. The first-order valence-electron chi connectivity index (χ1n) is 15.1. The molecule has 2 N–H and O–H groups in total. The van der Waals surface area contributed by atoms with Crippen LogP contribution < -0.4 is 10.6 Å². The van der Waals surface area contributed by atoms with Gasteiger partial charge in [-0.1, -0.05) is 41.6 Å². The molecule has 0 saturated heterocycles. The van der Waals surface area contributed by atoms with Crippen LogP contribution in [0.15, 0.2) is 67.0 Å². The molecule has 0 spiro atoms. The van der Waals surface area contributed by atoms with Gasteiger partial charge in [-0.05, 0) is 62.3 Å². The van der Waals surface area contributed by atoms with Crippen LogP contribution >= 0.6 is 0 Å². The third-order valence-electron chi connectivity index (χ3n) is 8.98. The van der Waals surface area contributed by atoms with Gasteiger partial charge in [0.05, 0.1) is 40.6 Å². The van der Waals surface area contributed by atoms with E-state index in [1.165, 1.54) is 18.5 Å². The van der Waals surface area contributed by atoms with Gasteiger partial charge >= 0.3 is 6.18 Å². The zero-order valence-corrected chi connectivity index (χ0v) is 25.1. The van der Waals surface area contributed by atoms with E-state index in [1.54, 1.807) is 19.1 Å². The van der Waals surface area contributed by atoms with E-state index in [1.807, 2.05) is 30.3 Å². The molecule has 3 heterocycles. The number of alkyl halides is 3. The Hall–Kier alpha value is -5.56. The summed E-state index contributed by atoms with van der Waals surface area (Å²) in [7, 11) is 0. The van der Waals surface area contributed by atoms with E-state index in [4.69, 9.17) is 0 Å². The number of hydrogen-bond acceptors (Lipinski definition) is 8. The maximum absolute atomic E-state index is 14.1. The van der Waals surface area contributed by atoms with Crippen molar-refractivity contribution in [2.75, 3.05) is 10.6 Å². The van der Waals surface area contributed by atoms with Crippen LogP contribution in [-0.2, 0) is 5.54 Å². The second-order valence-corrected chi connectivity index (χ2v) is 12.1. The largest absolute Gasteiger partial charge is 0.413 e. The Morgan fingerprint density at radius 3 is 2.38 bits per heavy atom. The maximum atomic E-state index is 14.1. The highest BCUT2D eigenvalue weighted by Gasteiger charge is 2.66. The molecule has 2 saturated carbocycles. The molecule has 2 aliphatic rings. The van der Waals surface area contributed by atoms with E-state index in [-0.39, 0.29) is 30.1 Å². The van der Waals surface area contributed by atoms with Crippen LogP contribution in [0, 0.1) is 41.5 Å². The summed E-state index contributed by atoms with van der Waals surface area (Å²) in [4.78, 5) is 8.37. The normalized spacial score (nSPS) is 16.6. The van der Waals surface area contributed by atoms with Crippen LogP contribution in [0.25, 0.3) is 10.9 Å². The molecule has 7 rings (SSSR count). The lowest BCUT2D eigenvalue weighted by atomic mass is 9.99. The van der Waals surface area contributed by atoms with E-state index >= 15 is 0 Å². The van der Waals surface area contributed by atoms with Gasteiger partial charge in [-0.3, -0.25) is 4.98 Å². The van der Waals surface area contributed by atoms with Crippen molar-refractivity contribution in [2.45, 2.75) is 56.4 Å². The summed E-state index contributed by atoms with van der Waals surface area (Å²) in [6.07, 6.45) is 0.0000687. The molecular formula is C34H27F4N9. The standard InChI is InChI=1S/C34H27F4N9/c1-19-25(9-10-28(35)42-19)32(27-18-47(46-45-27)33(11-12-33)34(36,37)38)43-24-13-22(15-39)30-26(14-24)31(23(16-40)17-41-30)44-29(21-7-8-21)20-5-3-2-4-6-20/h2-6,9-10,13-14,17-18,21,29,32,43H,7-8,11-12H2,1H3,(H,41,44)/t29?,32-/m0/s1. The van der Waals surface area contributed by atoms with Crippen molar-refractivity contribution in [1.29, 1.82) is 10.5 Å². The molecule has 5 aromatic rings. The number of anilines is 2. The van der Waals surface area contributed by atoms with Gasteiger partial charge in [0, 0.05) is 28.5 Å². The Labute approximate surface area is 266 Å². The molecule has 3 aromatic heterocycles. The Bertz CT molecular complexity index is 2070. The monoisotopic (exact) mass is 637 g/mol. The Kier molecular flexibility index (Phi) is 7.27. The lowest BCUT2D eigenvalue weighted by Crippen LogP contribution is -2.35. The van der Waals surface area contributed by atoms with Crippen molar-refractivity contribution < 1.29 is 17.6 Å². The van der Waals surface area contributed by atoms with Crippen LogP contribution in [0.2, 0.25) is 0 Å². The number of pyridine rings is 2. The number of hydrogen-bond donors (Lipinski definition) is 2. The predicted molar refractivity (Wildman–Crippen MR) is 164 cm³/mol. The van der Waals surface area contributed by atoms with E-state index in [9.17, 15) is 28.1 Å². The van der Waals surface area contributed by atoms with Gasteiger partial charge in [0.2, 0.25) is 5.95 Å². The van der Waals surface area contributed by atoms with Crippen LogP contribution in [0.5, 0.6) is 0 Å². The van der Waals surface area contributed by atoms with Gasteiger partial charge < -0.3 is 10.6 Å². The molecule has 0 bridgehead atoms. The van der Waals surface area contributed by atoms with Crippen molar-refractivity contribution >= 4 is 22.3 Å². The number of aromatic nitrogens is 5. The zero-order chi connectivity index (χ0) is 32.9. The fourth-order valence-electron chi connectivity index (χ4n) is 6.13. The number of nitrogens with one attached hydrogen (secondary N) is 2. The average Bonchev–Trinajstić information content (AvgIpc) is 4.00. The number of aryl methyl sites for hydroxylation is 1. The predicted octanol–water partition coefficient (Wildman–Crippen LogP) is 7.23. The first-order valence-corrected chi connectivity index (χ1v) is 15.1. The van der Waals surface area contributed by atoms with Crippen molar-refractivity contribution in [1.82, 2.24) is 25.0 Å². The van der Waals surface area contributed by atoms with Crippen molar-refractivity contribution in [3.05, 3.63) is 107 Å². The smallest absolute Gasteiger partial charge is 0.376 e. The van der Waals surface area contributed by atoms with Gasteiger partial charge in [0.15, 0.2) is 5.54 Å². The van der Waals surface area contributed by atoms with Crippen molar-refractivity contribution in [3.63, 3.8) is 0 Å². The fraction of sp³-hybridized carbons (Fsp3) is 0.294. The Balaban J connectivity index is 1.34. The highest BCUT2D eigenvalue weighted by atomic mass is 19.4. The Morgan fingerprint density at radius 2 is 1.74 bits per heavy atom. The van der Waals surface area contributed by atoms with E-state index in [0.29, 0.717) is 45.0 Å². The van der Waals surface area contributed by atoms with Crippen LogP contribution in [-0.4, -0.2) is 31.1 Å². The first-order chi connectivity index (χ1) is 22.6. The molecule has 2 atom stereocenters. The number of fused-ring (bicyclic) bond motifs is 1. The summed E-state index contributed by atoms with van der Waals surface area (Å²) in [5.74, 6) is -0.356. The van der Waals surface area contributed by atoms with E-state index in [2.05, 4.69) is 43.1 Å². The summed E-state index contributed by atoms with van der Waals surface area (Å²) in [6, 6.07) is 19.3. The number of rotatable bonds is 9. The number of halogens is 4. The van der Waals surface area contributed by atoms with E-state index < -0.39 is 23.7 Å². The molecule has 1 unspecified atom stereocenters. The van der Waals surface area contributed by atoms with Gasteiger partial charge in [-0.25, -0.2) is 9.67 Å². The third-order valence-corrected chi connectivity index (χ3v) is 8.98. The summed E-state index contributed by atoms with van der Waals surface area (Å²) in [5.41, 5.74) is 1.64. The summed E-state index contributed by atoms with van der Waals surface area (Å²) in [6.45, 7) is 1.59. The van der Waals surface area contributed by atoms with Crippen LogP contribution in [0.3, 0.4) is 0 Å². The summed E-state index contributed by atoms with van der Waals surface area (Å²) >= 11 is 0. The lowest BCUT2D eigenvalue weighted by molar-refractivity contribution is -0.182. The second-order valence-electron chi connectivity index (χ2n) is 12.1. The molecule has 0 amide bonds. The second kappa shape index (κ2) is 11.4. The molecular weight excluding hydrogens is 610 g/mol. The van der Waals surface area contributed by atoms with Crippen LogP contribution in [0.4, 0.5) is 28.9 Å². The fourth-order valence-corrected chi connectivity index (χ4v) is 6.13. The molecule has 236 valence electrons. The van der Waals surface area contributed by atoms with Gasteiger partial charge in [-0.2, -0.15) is 28.1 Å². The Morgan fingerprint density at radius 1 is 1.00 bits per heavy atom. The molecule has 0 radical (unpaired) electrons. The third kappa shape index (κ3) is 5.48. The number of nitrogens with zero attached hydrogens (tertiary/aromatic N) is 7. The van der Waals surface area contributed by atoms with Crippen molar-refractivity contribution in [2.24, 2.45) is 5.92 Å². The highest BCUT2D eigenvalue weighted by Crippen LogP contribution is 2.55. The maximum Gasteiger partial charge on any atom is 0.413 e. The zero-order valence-electron chi connectivity index (χ0n) is 25.1. The van der Waals surface area contributed by atoms with Crippen molar-refractivity contribution in [3.8, 4) is 12.1 Å². The molecule has 9 nitrogen and oxygen atoms in total. The minimum Gasteiger partial charge on any atom is -0.376 e. The minimum absolute atomic E-state index is 0.0878. The highest BCUT2D eigenvalue weighted by molar-refractivity contribution is 5.99. The average molecular weight is 638 g/mol. The molecule has 47 heavy (non-hydrogen) atoms. The van der Waals surface area contributed by atoms with Gasteiger partial charge in [-0.15, -0.1) is 5.10 Å². The first kappa shape index (κ1) is 30.1. The molecule has 0 aliphatic heterocycles. The van der Waals surface area contributed by atoms with Crippen LogP contribution in [0.1, 0.15) is 71.4 Å². The summed E-state index contributed by atoms with van der Waals surface area (Å²) in [5, 5.41) is 35.6. The quantitative estimate of drug-likeness (QED) is 0.128. The summed E-state index contributed by atoms with van der Waals surface area (Å²) < 4.78 is 56.7. The van der Waals surface area contributed by atoms with Gasteiger partial charge in [0.1, 0.15) is 17.8 Å². The SMILES string of the molecule is Cc1nc(F)ccc1[C@H](Nc1cc(C#N)c2ncc(C#N)c(NC(c3ccccc3)C3CC3)c2c1)c1cn(C2(C(F)(F)F)CC2)nn1. The minimum atomic E-state index is -4.51. The molecule has 13 heteroatoms.